The van der Waals surface area contributed by atoms with Gasteiger partial charge in [0.1, 0.15) is 5.75 Å². The van der Waals surface area contributed by atoms with Crippen LogP contribution in [0.25, 0.3) is 0 Å². The highest BCUT2D eigenvalue weighted by Crippen LogP contribution is 2.45. The van der Waals surface area contributed by atoms with Gasteiger partial charge >= 0.3 is 5.97 Å². The number of carbonyl (C=O) groups is 1. The standard InChI is InChI=1S/C12H18O2S/c1-5-12(13)14-10-6-8-11(9-7-10)15(2,3)4/h6-9H,5H2,1-4H3. The van der Waals surface area contributed by atoms with Crippen molar-refractivity contribution in [3.63, 3.8) is 0 Å². The Hall–Kier alpha value is -0.960. The molecule has 0 aliphatic rings. The Morgan fingerprint density at radius 3 is 2.13 bits per heavy atom. The van der Waals surface area contributed by atoms with Crippen molar-refractivity contribution in [1.29, 1.82) is 0 Å². The molecule has 2 nitrogen and oxygen atoms in total. The minimum absolute atomic E-state index is 0.189. The van der Waals surface area contributed by atoms with E-state index in [4.69, 9.17) is 4.74 Å². The Morgan fingerprint density at radius 1 is 1.20 bits per heavy atom. The molecule has 0 N–H and O–H groups in total. The lowest BCUT2D eigenvalue weighted by Crippen LogP contribution is -2.05. The monoisotopic (exact) mass is 226 g/mol. The summed E-state index contributed by atoms with van der Waals surface area (Å²) in [5.41, 5.74) is 0. The van der Waals surface area contributed by atoms with Crippen LogP contribution in [0.3, 0.4) is 0 Å². The van der Waals surface area contributed by atoms with Gasteiger partial charge < -0.3 is 4.74 Å². The molecule has 0 unspecified atom stereocenters. The van der Waals surface area contributed by atoms with Gasteiger partial charge in [0, 0.05) is 6.42 Å². The van der Waals surface area contributed by atoms with E-state index >= 15 is 0 Å². The van der Waals surface area contributed by atoms with Gasteiger partial charge in [-0.25, -0.2) is 10.0 Å². The molecule has 0 radical (unpaired) electrons. The third-order valence-electron chi connectivity index (χ3n) is 2.05. The van der Waals surface area contributed by atoms with Crippen molar-refractivity contribution in [3.8, 4) is 5.75 Å². The smallest absolute Gasteiger partial charge is 0.310 e. The number of rotatable bonds is 3. The first-order valence-corrected chi connectivity index (χ1v) is 7.78. The van der Waals surface area contributed by atoms with Gasteiger partial charge in [-0.1, -0.05) is 6.92 Å². The molecule has 0 amide bonds. The summed E-state index contributed by atoms with van der Waals surface area (Å²) in [4.78, 5) is 12.4. The molecule has 0 aliphatic carbocycles. The molecule has 1 aromatic carbocycles. The van der Waals surface area contributed by atoms with Crippen molar-refractivity contribution in [2.45, 2.75) is 18.2 Å². The van der Waals surface area contributed by atoms with Crippen molar-refractivity contribution < 1.29 is 9.53 Å². The molecular weight excluding hydrogens is 208 g/mol. The van der Waals surface area contributed by atoms with E-state index in [1.165, 1.54) is 4.90 Å². The number of benzene rings is 1. The van der Waals surface area contributed by atoms with E-state index in [0.29, 0.717) is 12.2 Å². The van der Waals surface area contributed by atoms with Gasteiger partial charge in [0.2, 0.25) is 0 Å². The number of ether oxygens (including phenoxy) is 1. The van der Waals surface area contributed by atoms with Crippen LogP contribution in [0, 0.1) is 0 Å². The molecule has 0 fully saturated rings. The van der Waals surface area contributed by atoms with E-state index in [-0.39, 0.29) is 5.97 Å². The van der Waals surface area contributed by atoms with Gasteiger partial charge in [-0.15, -0.1) is 0 Å². The van der Waals surface area contributed by atoms with Crippen LogP contribution in [0.4, 0.5) is 0 Å². The molecule has 0 aromatic heterocycles. The topological polar surface area (TPSA) is 26.3 Å². The molecule has 0 aliphatic heterocycles. The quantitative estimate of drug-likeness (QED) is 0.585. The summed E-state index contributed by atoms with van der Waals surface area (Å²) in [6.07, 6.45) is 7.12. The molecule has 0 spiro atoms. The average Bonchev–Trinajstić information content (AvgIpc) is 2.17. The Morgan fingerprint density at radius 2 is 1.73 bits per heavy atom. The van der Waals surface area contributed by atoms with Gasteiger partial charge in [-0.3, -0.25) is 4.79 Å². The lowest BCUT2D eigenvalue weighted by atomic mass is 10.3. The van der Waals surface area contributed by atoms with E-state index in [1.807, 2.05) is 24.3 Å². The molecule has 1 aromatic rings. The van der Waals surface area contributed by atoms with Crippen LogP contribution >= 0.6 is 10.0 Å². The van der Waals surface area contributed by atoms with Crippen LogP contribution in [0.15, 0.2) is 29.2 Å². The maximum absolute atomic E-state index is 11.0. The van der Waals surface area contributed by atoms with Gasteiger partial charge in [0.05, 0.1) is 0 Å². The minimum atomic E-state index is -0.694. The highest BCUT2D eigenvalue weighted by Gasteiger charge is 2.08. The average molecular weight is 226 g/mol. The third-order valence-corrected chi connectivity index (χ3v) is 3.74. The van der Waals surface area contributed by atoms with Crippen LogP contribution in [-0.2, 0) is 4.79 Å². The zero-order chi connectivity index (χ0) is 11.5. The van der Waals surface area contributed by atoms with Gasteiger partial charge in [-0.2, -0.15) is 0 Å². The molecule has 0 atom stereocenters. The molecule has 0 saturated carbocycles. The van der Waals surface area contributed by atoms with Crippen LogP contribution in [0.5, 0.6) is 5.75 Å². The Kier molecular flexibility index (Phi) is 3.80. The third kappa shape index (κ3) is 3.59. The van der Waals surface area contributed by atoms with E-state index < -0.39 is 10.0 Å². The first kappa shape index (κ1) is 12.1. The Labute approximate surface area is 93.0 Å². The van der Waals surface area contributed by atoms with Crippen molar-refractivity contribution in [2.24, 2.45) is 0 Å². The maximum Gasteiger partial charge on any atom is 0.310 e. The Bertz CT molecular complexity index is 336. The first-order valence-electron chi connectivity index (χ1n) is 4.92. The number of esters is 1. The second-order valence-electron chi connectivity index (χ2n) is 4.14. The second kappa shape index (κ2) is 4.71. The molecule has 0 saturated heterocycles. The zero-order valence-corrected chi connectivity index (χ0v) is 10.6. The normalized spacial score (nSPS) is 12.3. The van der Waals surface area contributed by atoms with Gasteiger partial charge in [0.15, 0.2) is 0 Å². The van der Waals surface area contributed by atoms with Crippen molar-refractivity contribution in [3.05, 3.63) is 24.3 Å². The Balaban J connectivity index is 2.77. The van der Waals surface area contributed by atoms with Gasteiger partial charge in [0.25, 0.3) is 0 Å². The molecule has 84 valence electrons. The summed E-state index contributed by atoms with van der Waals surface area (Å²) in [7, 11) is -0.694. The van der Waals surface area contributed by atoms with Crippen molar-refractivity contribution in [2.75, 3.05) is 18.8 Å². The van der Waals surface area contributed by atoms with E-state index in [2.05, 4.69) is 18.8 Å². The van der Waals surface area contributed by atoms with E-state index in [0.717, 1.165) is 0 Å². The molecule has 0 heterocycles. The predicted molar refractivity (Wildman–Crippen MR) is 66.0 cm³/mol. The fourth-order valence-corrected chi connectivity index (χ4v) is 2.07. The maximum atomic E-state index is 11.0. The van der Waals surface area contributed by atoms with Crippen LogP contribution in [0.1, 0.15) is 13.3 Å². The van der Waals surface area contributed by atoms with E-state index in [1.54, 1.807) is 6.92 Å². The molecule has 1 rings (SSSR count). The highest BCUT2D eigenvalue weighted by molar-refractivity contribution is 8.32. The minimum Gasteiger partial charge on any atom is -0.427 e. The van der Waals surface area contributed by atoms with Gasteiger partial charge in [-0.05, 0) is 47.9 Å². The largest absolute Gasteiger partial charge is 0.427 e. The number of hydrogen-bond donors (Lipinski definition) is 0. The molecule has 3 heteroatoms. The first-order chi connectivity index (χ1) is 6.93. The van der Waals surface area contributed by atoms with Crippen LogP contribution in [-0.4, -0.2) is 24.7 Å². The summed E-state index contributed by atoms with van der Waals surface area (Å²) in [5, 5.41) is 0. The number of hydrogen-bond acceptors (Lipinski definition) is 2. The van der Waals surface area contributed by atoms with Crippen LogP contribution < -0.4 is 4.74 Å². The number of carbonyl (C=O) groups excluding carboxylic acids is 1. The lowest BCUT2D eigenvalue weighted by molar-refractivity contribution is -0.134. The fraction of sp³-hybridized carbons (Fsp3) is 0.417. The lowest BCUT2D eigenvalue weighted by Gasteiger charge is -2.25. The summed E-state index contributed by atoms with van der Waals surface area (Å²) in [6.45, 7) is 1.79. The predicted octanol–water partition coefficient (Wildman–Crippen LogP) is 3.05. The summed E-state index contributed by atoms with van der Waals surface area (Å²) >= 11 is 0. The summed E-state index contributed by atoms with van der Waals surface area (Å²) < 4.78 is 5.10. The fourth-order valence-electron chi connectivity index (χ4n) is 1.12. The molecule has 15 heavy (non-hydrogen) atoms. The SMILES string of the molecule is CCC(=O)Oc1ccc(S(C)(C)C)cc1. The molecular formula is C12H18O2S. The van der Waals surface area contributed by atoms with E-state index in [9.17, 15) is 4.79 Å². The molecule has 0 bridgehead atoms. The second-order valence-corrected chi connectivity index (χ2v) is 8.28. The summed E-state index contributed by atoms with van der Waals surface area (Å²) in [6, 6.07) is 7.80. The van der Waals surface area contributed by atoms with Crippen LogP contribution in [0.2, 0.25) is 0 Å². The highest BCUT2D eigenvalue weighted by atomic mass is 32.3. The summed E-state index contributed by atoms with van der Waals surface area (Å²) in [5.74, 6) is 0.445. The zero-order valence-electron chi connectivity index (χ0n) is 9.74. The van der Waals surface area contributed by atoms with Crippen molar-refractivity contribution >= 4 is 16.0 Å². The van der Waals surface area contributed by atoms with Crippen molar-refractivity contribution in [1.82, 2.24) is 0 Å².